The summed E-state index contributed by atoms with van der Waals surface area (Å²) in [6.45, 7) is -0.337. The molecule has 2 aromatic carbocycles. The number of halogens is 1. The number of nitrogens with zero attached hydrogens (tertiary/aromatic N) is 2. The number of hydrogen-bond acceptors (Lipinski definition) is 8. The number of benzene rings is 2. The Morgan fingerprint density at radius 1 is 1.31 bits per heavy atom. The van der Waals surface area contributed by atoms with Gasteiger partial charge in [-0.25, -0.2) is 0 Å². The van der Waals surface area contributed by atoms with E-state index in [2.05, 4.69) is 15.9 Å². The van der Waals surface area contributed by atoms with E-state index in [-0.39, 0.29) is 16.6 Å². The summed E-state index contributed by atoms with van der Waals surface area (Å²) >= 11 is 9.57. The molecule has 0 aromatic heterocycles. The smallest absolute Gasteiger partial charge is 0.323 e. The van der Waals surface area contributed by atoms with Crippen LogP contribution in [0.15, 0.2) is 45.8 Å². The van der Waals surface area contributed by atoms with Crippen LogP contribution in [0.2, 0.25) is 0 Å². The van der Waals surface area contributed by atoms with Gasteiger partial charge in [-0.05, 0) is 41.5 Å². The Morgan fingerprint density at radius 3 is 2.59 bits per heavy atom. The van der Waals surface area contributed by atoms with Crippen molar-refractivity contribution >= 4 is 67.9 Å². The number of nitro groups is 1. The highest BCUT2D eigenvalue weighted by Gasteiger charge is 2.33. The number of carbonyl (C=O) groups is 2. The first-order valence-corrected chi connectivity index (χ1v) is 10.9. The van der Waals surface area contributed by atoms with Crippen molar-refractivity contribution in [1.82, 2.24) is 4.90 Å². The van der Waals surface area contributed by atoms with E-state index in [1.807, 2.05) is 0 Å². The van der Waals surface area contributed by atoms with Crippen LogP contribution in [-0.4, -0.2) is 44.8 Å². The van der Waals surface area contributed by atoms with Gasteiger partial charge in [-0.1, -0.05) is 39.9 Å². The van der Waals surface area contributed by atoms with Crippen LogP contribution in [0.1, 0.15) is 11.1 Å². The molecule has 12 heteroatoms. The maximum Gasteiger partial charge on any atom is 0.323 e. The summed E-state index contributed by atoms with van der Waals surface area (Å²) < 4.78 is 12.0. The predicted octanol–water partition coefficient (Wildman–Crippen LogP) is 4.23. The standard InChI is InChI=1S/C20H15BrN2O7S2/c1-29-15-6-12(7-17-19(26)22(9-18(24)25)20(31)32-17)14(21)8-16(15)30-10-11-2-4-13(5-3-11)23(27)28/h2-8H,9-10H2,1H3,(H,24,25)/b17-7-. The number of non-ortho nitro benzene ring substituents is 1. The lowest BCUT2D eigenvalue weighted by atomic mass is 10.1. The number of ether oxygens (including phenoxy) is 2. The molecule has 1 aliphatic heterocycles. The molecule has 9 nitrogen and oxygen atoms in total. The van der Waals surface area contributed by atoms with Gasteiger partial charge >= 0.3 is 5.97 Å². The number of carbonyl (C=O) groups excluding carboxylic acids is 1. The topological polar surface area (TPSA) is 119 Å². The molecule has 0 saturated carbocycles. The SMILES string of the molecule is COc1cc(/C=C2\SC(=S)N(CC(=O)O)C2=O)c(Br)cc1OCc1ccc([N+](=O)[O-])cc1. The first-order valence-electron chi connectivity index (χ1n) is 8.90. The Kier molecular flexibility index (Phi) is 7.48. The number of aliphatic carboxylic acids is 1. The third-order valence-corrected chi connectivity index (χ3v) is 6.34. The molecule has 1 fully saturated rings. The third-order valence-electron chi connectivity index (χ3n) is 4.28. The van der Waals surface area contributed by atoms with Crippen LogP contribution >= 0.6 is 39.9 Å². The number of thiocarbonyl (C=S) groups is 1. The molecule has 166 valence electrons. The summed E-state index contributed by atoms with van der Waals surface area (Å²) in [6, 6.07) is 9.35. The third kappa shape index (κ3) is 5.44. The fourth-order valence-electron chi connectivity index (χ4n) is 2.72. The zero-order valence-electron chi connectivity index (χ0n) is 16.4. The maximum absolute atomic E-state index is 12.5. The molecule has 0 aliphatic carbocycles. The van der Waals surface area contributed by atoms with Crippen LogP contribution in [0.25, 0.3) is 6.08 Å². The molecule has 1 aliphatic rings. The molecule has 3 rings (SSSR count). The van der Waals surface area contributed by atoms with E-state index in [1.165, 1.54) is 19.2 Å². The summed E-state index contributed by atoms with van der Waals surface area (Å²) in [6.07, 6.45) is 1.59. The van der Waals surface area contributed by atoms with Gasteiger partial charge in [-0.2, -0.15) is 0 Å². The van der Waals surface area contributed by atoms with Crippen molar-refractivity contribution in [3.05, 3.63) is 67.0 Å². The van der Waals surface area contributed by atoms with E-state index in [1.54, 1.807) is 30.3 Å². The number of amides is 1. The van der Waals surface area contributed by atoms with Crippen molar-refractivity contribution in [2.45, 2.75) is 6.61 Å². The lowest BCUT2D eigenvalue weighted by Crippen LogP contribution is -2.33. The zero-order valence-corrected chi connectivity index (χ0v) is 19.7. The van der Waals surface area contributed by atoms with E-state index in [4.69, 9.17) is 26.8 Å². The highest BCUT2D eigenvalue weighted by atomic mass is 79.9. The lowest BCUT2D eigenvalue weighted by molar-refractivity contribution is -0.384. The van der Waals surface area contributed by atoms with Crippen molar-refractivity contribution in [2.24, 2.45) is 0 Å². The molecule has 32 heavy (non-hydrogen) atoms. The van der Waals surface area contributed by atoms with E-state index >= 15 is 0 Å². The lowest BCUT2D eigenvalue weighted by Gasteiger charge is -2.13. The minimum Gasteiger partial charge on any atom is -0.493 e. The predicted molar refractivity (Wildman–Crippen MR) is 126 cm³/mol. The van der Waals surface area contributed by atoms with E-state index in [0.717, 1.165) is 22.2 Å². The van der Waals surface area contributed by atoms with Crippen molar-refractivity contribution in [3.8, 4) is 11.5 Å². The minimum absolute atomic E-state index is 0.00723. The van der Waals surface area contributed by atoms with E-state index in [9.17, 15) is 19.7 Å². The van der Waals surface area contributed by atoms with Gasteiger partial charge in [0.1, 0.15) is 17.5 Å². The number of hydrogen-bond donors (Lipinski definition) is 1. The second-order valence-corrected chi connectivity index (χ2v) is 8.93. The minimum atomic E-state index is -1.15. The second-order valence-electron chi connectivity index (χ2n) is 6.40. The first-order chi connectivity index (χ1) is 15.2. The van der Waals surface area contributed by atoms with Crippen LogP contribution in [0.5, 0.6) is 11.5 Å². The number of carboxylic acids is 1. The van der Waals surface area contributed by atoms with E-state index < -0.39 is 23.3 Å². The van der Waals surface area contributed by atoms with Gasteiger partial charge in [-0.15, -0.1) is 0 Å². The van der Waals surface area contributed by atoms with Gasteiger partial charge in [0.05, 0.1) is 16.9 Å². The number of carboxylic acid groups (broad SMARTS) is 1. The van der Waals surface area contributed by atoms with Crippen LogP contribution in [-0.2, 0) is 16.2 Å². The average molecular weight is 539 g/mol. The fourth-order valence-corrected chi connectivity index (χ4v) is 4.40. The first kappa shape index (κ1) is 23.7. The summed E-state index contributed by atoms with van der Waals surface area (Å²) in [5.74, 6) is -0.803. The summed E-state index contributed by atoms with van der Waals surface area (Å²) in [5.41, 5.74) is 1.34. The van der Waals surface area contributed by atoms with Crippen LogP contribution in [0, 0.1) is 10.1 Å². The van der Waals surface area contributed by atoms with Crippen LogP contribution in [0.3, 0.4) is 0 Å². The highest BCUT2D eigenvalue weighted by molar-refractivity contribution is 9.10. The van der Waals surface area contributed by atoms with Gasteiger partial charge < -0.3 is 14.6 Å². The summed E-state index contributed by atoms with van der Waals surface area (Å²) in [4.78, 5) is 35.0. The molecule has 0 spiro atoms. The molecule has 1 N–H and O–H groups in total. The van der Waals surface area contributed by atoms with Gasteiger partial charge in [0, 0.05) is 16.6 Å². The number of thioether (sulfide) groups is 1. The second kappa shape index (κ2) is 10.1. The Morgan fingerprint density at radius 2 is 2.00 bits per heavy atom. The Hall–Kier alpha value is -2.96. The average Bonchev–Trinajstić information content (AvgIpc) is 3.01. The number of nitro benzene ring substituents is 1. The Balaban J connectivity index is 1.80. The molecule has 1 saturated heterocycles. The van der Waals surface area contributed by atoms with Gasteiger partial charge in [0.2, 0.25) is 0 Å². The zero-order chi connectivity index (χ0) is 23.4. The fraction of sp³-hybridized carbons (Fsp3) is 0.150. The quantitative estimate of drug-likeness (QED) is 0.228. The van der Waals surface area contributed by atoms with Gasteiger partial charge in [-0.3, -0.25) is 24.6 Å². The van der Waals surface area contributed by atoms with Crippen molar-refractivity contribution in [1.29, 1.82) is 0 Å². The number of rotatable bonds is 8. The summed E-state index contributed by atoms with van der Waals surface area (Å²) in [5, 5.41) is 19.7. The molecule has 2 aromatic rings. The molecular formula is C20H15BrN2O7S2. The van der Waals surface area contributed by atoms with Crippen LogP contribution < -0.4 is 9.47 Å². The summed E-state index contributed by atoms with van der Waals surface area (Å²) in [7, 11) is 1.47. The van der Waals surface area contributed by atoms with Gasteiger partial charge in [0.15, 0.2) is 11.5 Å². The van der Waals surface area contributed by atoms with Crippen LogP contribution in [0.4, 0.5) is 5.69 Å². The monoisotopic (exact) mass is 538 g/mol. The van der Waals surface area contributed by atoms with Crippen molar-refractivity contribution in [2.75, 3.05) is 13.7 Å². The number of methoxy groups -OCH3 is 1. The Bertz CT molecular complexity index is 1140. The largest absolute Gasteiger partial charge is 0.493 e. The molecule has 0 bridgehead atoms. The molecule has 0 unspecified atom stereocenters. The molecule has 1 amide bonds. The Labute approximate surface area is 200 Å². The molecule has 0 atom stereocenters. The van der Waals surface area contributed by atoms with E-state index in [0.29, 0.717) is 26.4 Å². The normalized spacial score (nSPS) is 14.7. The highest BCUT2D eigenvalue weighted by Crippen LogP contribution is 2.38. The molecule has 1 heterocycles. The van der Waals surface area contributed by atoms with Crippen molar-refractivity contribution in [3.63, 3.8) is 0 Å². The molecular weight excluding hydrogens is 524 g/mol. The van der Waals surface area contributed by atoms with Gasteiger partial charge in [0.25, 0.3) is 11.6 Å². The van der Waals surface area contributed by atoms with Crippen molar-refractivity contribution < 1.29 is 29.1 Å². The maximum atomic E-state index is 12.5. The molecule has 0 radical (unpaired) electrons.